The molecule has 1 aromatic carbocycles. The molecule has 2 aromatic rings. The highest BCUT2D eigenvalue weighted by Crippen LogP contribution is 2.27. The summed E-state index contributed by atoms with van der Waals surface area (Å²) in [4.78, 5) is 10.7. The lowest BCUT2D eigenvalue weighted by Crippen LogP contribution is -2.10. The number of sulfonamides is 1. The van der Waals surface area contributed by atoms with Crippen LogP contribution in [-0.2, 0) is 10.0 Å². The lowest BCUT2D eigenvalue weighted by atomic mass is 10.1. The first-order valence-corrected chi connectivity index (χ1v) is 7.03. The second-order valence-electron chi connectivity index (χ2n) is 3.80. The highest BCUT2D eigenvalue weighted by Gasteiger charge is 2.15. The van der Waals surface area contributed by atoms with E-state index in [2.05, 4.69) is 14.4 Å². The van der Waals surface area contributed by atoms with Crippen molar-refractivity contribution in [2.24, 2.45) is 0 Å². The minimum Gasteiger partial charge on any atom is -0.475 e. The number of para-hydroxylation sites is 1. The fourth-order valence-electron chi connectivity index (χ4n) is 1.50. The monoisotopic (exact) mass is 282 g/mol. The Hall–Kier alpha value is -2.35. The van der Waals surface area contributed by atoms with Crippen molar-refractivity contribution in [1.82, 2.24) is 5.16 Å². The van der Waals surface area contributed by atoms with Crippen molar-refractivity contribution in [3.8, 4) is 11.3 Å². The summed E-state index contributed by atoms with van der Waals surface area (Å²) in [7, 11) is -3.44. The smallest absolute Gasteiger partial charge is 0.374 e. The molecule has 0 spiro atoms. The van der Waals surface area contributed by atoms with Crippen molar-refractivity contribution in [2.75, 3.05) is 11.0 Å². The molecule has 19 heavy (non-hydrogen) atoms. The van der Waals surface area contributed by atoms with E-state index in [0.717, 1.165) is 6.26 Å². The maximum atomic E-state index is 11.2. The molecule has 1 heterocycles. The van der Waals surface area contributed by atoms with Crippen LogP contribution in [0.1, 0.15) is 10.6 Å². The Morgan fingerprint density at radius 1 is 1.37 bits per heavy atom. The molecule has 2 rings (SSSR count). The van der Waals surface area contributed by atoms with Crippen LogP contribution >= 0.6 is 0 Å². The van der Waals surface area contributed by atoms with Crippen molar-refractivity contribution in [1.29, 1.82) is 0 Å². The molecule has 0 saturated heterocycles. The van der Waals surface area contributed by atoms with Gasteiger partial charge in [-0.25, -0.2) is 13.2 Å². The van der Waals surface area contributed by atoms with Gasteiger partial charge >= 0.3 is 5.97 Å². The van der Waals surface area contributed by atoms with Gasteiger partial charge in [0.1, 0.15) is 5.69 Å². The Kier molecular flexibility index (Phi) is 3.26. The predicted octanol–water partition coefficient (Wildman–Crippen LogP) is 1.41. The summed E-state index contributed by atoms with van der Waals surface area (Å²) < 4.78 is 29.5. The van der Waals surface area contributed by atoms with Gasteiger partial charge < -0.3 is 9.63 Å². The fraction of sp³-hybridized carbons (Fsp3) is 0.0909. The molecule has 0 radical (unpaired) electrons. The van der Waals surface area contributed by atoms with Gasteiger partial charge in [-0.3, -0.25) is 4.72 Å². The summed E-state index contributed by atoms with van der Waals surface area (Å²) in [6.45, 7) is 0. The van der Waals surface area contributed by atoms with E-state index in [4.69, 9.17) is 5.11 Å². The maximum absolute atomic E-state index is 11.2. The molecule has 0 atom stereocenters. The first-order valence-electron chi connectivity index (χ1n) is 5.14. The minimum atomic E-state index is -3.44. The highest BCUT2D eigenvalue weighted by molar-refractivity contribution is 7.92. The normalized spacial score (nSPS) is 11.2. The molecule has 0 fully saturated rings. The Labute approximate surface area is 108 Å². The van der Waals surface area contributed by atoms with E-state index in [9.17, 15) is 13.2 Å². The van der Waals surface area contributed by atoms with Gasteiger partial charge in [0, 0.05) is 11.6 Å². The summed E-state index contributed by atoms with van der Waals surface area (Å²) in [6.07, 6.45) is 1.02. The van der Waals surface area contributed by atoms with E-state index >= 15 is 0 Å². The molecule has 2 N–H and O–H groups in total. The standard InChI is InChI=1S/C11H10N2O5S/c1-19(16,17)13-8-5-3-2-4-7(8)9-6-10(11(14)15)18-12-9/h2-6,13H,1H3,(H,14,15). The average Bonchev–Trinajstić information content (AvgIpc) is 2.76. The molecule has 7 nitrogen and oxygen atoms in total. The molecule has 1 aromatic heterocycles. The van der Waals surface area contributed by atoms with E-state index in [1.807, 2.05) is 0 Å². The number of carbonyl (C=O) groups is 1. The minimum absolute atomic E-state index is 0.240. The number of nitrogens with one attached hydrogen (secondary N) is 1. The Morgan fingerprint density at radius 2 is 2.05 bits per heavy atom. The van der Waals surface area contributed by atoms with Crippen molar-refractivity contribution < 1.29 is 22.8 Å². The average molecular weight is 282 g/mol. The zero-order valence-corrected chi connectivity index (χ0v) is 10.6. The summed E-state index contributed by atoms with van der Waals surface area (Å²) in [5.74, 6) is -1.56. The molecule has 100 valence electrons. The highest BCUT2D eigenvalue weighted by atomic mass is 32.2. The van der Waals surface area contributed by atoms with Crippen LogP contribution in [0.25, 0.3) is 11.3 Å². The molecule has 0 aliphatic heterocycles. The first kappa shape index (κ1) is 13.1. The van der Waals surface area contributed by atoms with Gasteiger partial charge in [-0.1, -0.05) is 23.4 Å². The van der Waals surface area contributed by atoms with Crippen LogP contribution in [0, 0.1) is 0 Å². The maximum Gasteiger partial charge on any atom is 0.374 e. The van der Waals surface area contributed by atoms with Gasteiger partial charge in [0.05, 0.1) is 11.9 Å². The largest absolute Gasteiger partial charge is 0.475 e. The number of aromatic nitrogens is 1. The third-order valence-electron chi connectivity index (χ3n) is 2.22. The summed E-state index contributed by atoms with van der Waals surface area (Å²) in [5, 5.41) is 12.4. The number of nitrogens with zero attached hydrogens (tertiary/aromatic N) is 1. The number of hydrogen-bond acceptors (Lipinski definition) is 5. The topological polar surface area (TPSA) is 110 Å². The zero-order chi connectivity index (χ0) is 14.0. The van der Waals surface area contributed by atoms with E-state index in [0.29, 0.717) is 11.3 Å². The van der Waals surface area contributed by atoms with Gasteiger partial charge in [-0.2, -0.15) is 0 Å². The third-order valence-corrected chi connectivity index (χ3v) is 2.81. The number of hydrogen-bond donors (Lipinski definition) is 2. The molecule has 0 unspecified atom stereocenters. The SMILES string of the molecule is CS(=O)(=O)Nc1ccccc1-c1cc(C(=O)O)on1. The predicted molar refractivity (Wildman–Crippen MR) is 67.4 cm³/mol. The molecule has 0 aliphatic rings. The summed E-state index contributed by atoms with van der Waals surface area (Å²) in [6, 6.07) is 7.71. The van der Waals surface area contributed by atoms with E-state index in [1.165, 1.54) is 6.07 Å². The van der Waals surface area contributed by atoms with Gasteiger partial charge in [-0.15, -0.1) is 0 Å². The number of rotatable bonds is 4. The van der Waals surface area contributed by atoms with Crippen LogP contribution in [0.4, 0.5) is 5.69 Å². The van der Waals surface area contributed by atoms with Crippen LogP contribution in [0.3, 0.4) is 0 Å². The molecular weight excluding hydrogens is 272 g/mol. The van der Waals surface area contributed by atoms with E-state index < -0.39 is 16.0 Å². The van der Waals surface area contributed by atoms with Crippen LogP contribution < -0.4 is 4.72 Å². The summed E-state index contributed by atoms with van der Waals surface area (Å²) >= 11 is 0. The van der Waals surface area contributed by atoms with Crippen LogP contribution in [0.15, 0.2) is 34.9 Å². The van der Waals surface area contributed by atoms with Crippen molar-refractivity contribution in [2.45, 2.75) is 0 Å². The van der Waals surface area contributed by atoms with E-state index in [-0.39, 0.29) is 11.5 Å². The molecule has 0 amide bonds. The van der Waals surface area contributed by atoms with Crippen LogP contribution in [-0.4, -0.2) is 30.9 Å². The van der Waals surface area contributed by atoms with Crippen molar-refractivity contribution >= 4 is 21.7 Å². The lowest BCUT2D eigenvalue weighted by molar-refractivity contribution is 0.0652. The fourth-order valence-corrected chi connectivity index (χ4v) is 2.08. The van der Waals surface area contributed by atoms with Crippen LogP contribution in [0.5, 0.6) is 0 Å². The van der Waals surface area contributed by atoms with Crippen LogP contribution in [0.2, 0.25) is 0 Å². The zero-order valence-electron chi connectivity index (χ0n) is 9.82. The quantitative estimate of drug-likeness (QED) is 0.877. The number of benzene rings is 1. The number of carboxylic acid groups (broad SMARTS) is 1. The molecule has 0 aliphatic carbocycles. The Bertz CT molecular complexity index is 720. The van der Waals surface area contributed by atoms with Gasteiger partial charge in [0.25, 0.3) is 0 Å². The Balaban J connectivity index is 2.46. The van der Waals surface area contributed by atoms with Crippen molar-refractivity contribution in [3.63, 3.8) is 0 Å². The summed E-state index contributed by atoms with van der Waals surface area (Å²) in [5.41, 5.74) is 0.976. The van der Waals surface area contributed by atoms with Gasteiger partial charge in [0.15, 0.2) is 0 Å². The van der Waals surface area contributed by atoms with E-state index in [1.54, 1.807) is 24.3 Å². The second kappa shape index (κ2) is 4.73. The Morgan fingerprint density at radius 3 is 2.63 bits per heavy atom. The molecular formula is C11H10N2O5S. The van der Waals surface area contributed by atoms with Gasteiger partial charge in [0.2, 0.25) is 15.8 Å². The second-order valence-corrected chi connectivity index (χ2v) is 5.55. The molecule has 0 bridgehead atoms. The lowest BCUT2D eigenvalue weighted by Gasteiger charge is -2.07. The number of aromatic carboxylic acids is 1. The number of anilines is 1. The third kappa shape index (κ3) is 3.10. The molecule has 8 heteroatoms. The molecule has 0 saturated carbocycles. The number of carboxylic acids is 1. The van der Waals surface area contributed by atoms with Gasteiger partial charge in [-0.05, 0) is 6.07 Å². The first-order chi connectivity index (χ1) is 8.87. The van der Waals surface area contributed by atoms with Crippen molar-refractivity contribution in [3.05, 3.63) is 36.1 Å².